The molecule has 0 amide bonds. The summed E-state index contributed by atoms with van der Waals surface area (Å²) in [6.45, 7) is 9.11. The van der Waals surface area contributed by atoms with Crippen molar-refractivity contribution in [3.63, 3.8) is 0 Å². The average molecular weight is 319 g/mol. The molecule has 0 bridgehead atoms. The van der Waals surface area contributed by atoms with E-state index in [4.69, 9.17) is 0 Å². The highest BCUT2D eigenvalue weighted by molar-refractivity contribution is 5.85. The minimum absolute atomic E-state index is 0. The van der Waals surface area contributed by atoms with E-state index in [2.05, 4.69) is 48.3 Å². The van der Waals surface area contributed by atoms with E-state index in [0.29, 0.717) is 6.04 Å². The Morgan fingerprint density at radius 2 is 1.90 bits per heavy atom. The van der Waals surface area contributed by atoms with Crippen LogP contribution in [0.2, 0.25) is 0 Å². The Kier molecular flexibility index (Phi) is 10.3. The van der Waals surface area contributed by atoms with Gasteiger partial charge in [0.05, 0.1) is 0 Å². The van der Waals surface area contributed by atoms with Crippen LogP contribution >= 0.6 is 24.8 Å². The first-order valence-electron chi connectivity index (χ1n) is 7.32. The standard InChI is InChI=1S/C16H26N2.2ClH/c1-3-4-8-16(18-11-9-17-10-12-18)15-7-5-6-14(2)13-15;;/h5-7,13,16-17H,3-4,8-12H2,1-2H3;2*1H/t16-;;/m1../s1. The van der Waals surface area contributed by atoms with E-state index >= 15 is 0 Å². The fourth-order valence-corrected chi connectivity index (χ4v) is 2.83. The van der Waals surface area contributed by atoms with Gasteiger partial charge in [-0.2, -0.15) is 0 Å². The number of hydrogen-bond donors (Lipinski definition) is 1. The molecule has 2 rings (SSSR count). The molecule has 1 N–H and O–H groups in total. The lowest BCUT2D eigenvalue weighted by Crippen LogP contribution is -2.45. The lowest BCUT2D eigenvalue weighted by atomic mass is 9.97. The lowest BCUT2D eigenvalue weighted by Gasteiger charge is -2.35. The molecule has 1 aromatic rings. The summed E-state index contributed by atoms with van der Waals surface area (Å²) in [7, 11) is 0. The van der Waals surface area contributed by atoms with Crippen molar-refractivity contribution in [2.24, 2.45) is 0 Å². The second-order valence-corrected chi connectivity index (χ2v) is 5.36. The Morgan fingerprint density at radius 1 is 1.20 bits per heavy atom. The Balaban J connectivity index is 0.00000180. The number of nitrogens with one attached hydrogen (secondary N) is 1. The minimum Gasteiger partial charge on any atom is -0.314 e. The number of benzene rings is 1. The van der Waals surface area contributed by atoms with Gasteiger partial charge in [0.2, 0.25) is 0 Å². The van der Waals surface area contributed by atoms with Gasteiger partial charge in [-0.05, 0) is 18.9 Å². The molecule has 1 saturated heterocycles. The van der Waals surface area contributed by atoms with Crippen LogP contribution in [-0.2, 0) is 0 Å². The molecule has 0 aromatic heterocycles. The second kappa shape index (κ2) is 10.4. The van der Waals surface area contributed by atoms with Gasteiger partial charge in [0.15, 0.2) is 0 Å². The SMILES string of the molecule is CCCC[C@H](c1cccc(C)c1)N1CCNCC1.Cl.Cl. The molecule has 0 radical (unpaired) electrons. The van der Waals surface area contributed by atoms with Gasteiger partial charge < -0.3 is 5.32 Å². The summed E-state index contributed by atoms with van der Waals surface area (Å²) < 4.78 is 0. The highest BCUT2D eigenvalue weighted by Gasteiger charge is 2.21. The quantitative estimate of drug-likeness (QED) is 0.883. The Morgan fingerprint density at radius 3 is 2.50 bits per heavy atom. The first-order valence-corrected chi connectivity index (χ1v) is 7.32. The maximum absolute atomic E-state index is 3.45. The van der Waals surface area contributed by atoms with Crippen molar-refractivity contribution in [2.75, 3.05) is 26.2 Å². The Hall–Kier alpha value is -0.280. The molecule has 20 heavy (non-hydrogen) atoms. The summed E-state index contributed by atoms with van der Waals surface area (Å²) in [5.41, 5.74) is 2.88. The van der Waals surface area contributed by atoms with Crippen molar-refractivity contribution in [3.8, 4) is 0 Å². The zero-order valence-electron chi connectivity index (χ0n) is 12.6. The van der Waals surface area contributed by atoms with Crippen molar-refractivity contribution >= 4 is 24.8 Å². The van der Waals surface area contributed by atoms with Gasteiger partial charge in [0.1, 0.15) is 0 Å². The highest BCUT2D eigenvalue weighted by atomic mass is 35.5. The number of unbranched alkanes of at least 4 members (excludes halogenated alkanes) is 1. The molecule has 0 unspecified atom stereocenters. The number of hydrogen-bond acceptors (Lipinski definition) is 2. The normalized spacial score (nSPS) is 16.9. The monoisotopic (exact) mass is 318 g/mol. The summed E-state index contributed by atoms with van der Waals surface area (Å²) in [4.78, 5) is 2.65. The molecule has 1 aliphatic heterocycles. The molecule has 1 fully saturated rings. The largest absolute Gasteiger partial charge is 0.314 e. The number of piperazine rings is 1. The van der Waals surface area contributed by atoms with Crippen LogP contribution in [-0.4, -0.2) is 31.1 Å². The van der Waals surface area contributed by atoms with Gasteiger partial charge in [0.25, 0.3) is 0 Å². The van der Waals surface area contributed by atoms with E-state index in [9.17, 15) is 0 Å². The fraction of sp³-hybridized carbons (Fsp3) is 0.625. The molecule has 0 spiro atoms. The summed E-state index contributed by atoms with van der Waals surface area (Å²) >= 11 is 0. The van der Waals surface area contributed by atoms with E-state index < -0.39 is 0 Å². The van der Waals surface area contributed by atoms with Crippen LogP contribution in [0.5, 0.6) is 0 Å². The molecular weight excluding hydrogens is 291 g/mol. The van der Waals surface area contributed by atoms with Gasteiger partial charge in [-0.3, -0.25) is 4.90 Å². The highest BCUT2D eigenvalue weighted by Crippen LogP contribution is 2.27. The third kappa shape index (κ3) is 5.61. The first-order chi connectivity index (χ1) is 8.81. The number of halogens is 2. The van der Waals surface area contributed by atoms with E-state index in [1.807, 2.05) is 0 Å². The Bertz CT molecular complexity index is 365. The van der Waals surface area contributed by atoms with E-state index in [1.54, 1.807) is 0 Å². The average Bonchev–Trinajstić information content (AvgIpc) is 2.40. The first kappa shape index (κ1) is 19.7. The lowest BCUT2D eigenvalue weighted by molar-refractivity contribution is 0.163. The molecule has 1 atom stereocenters. The molecule has 0 saturated carbocycles. The van der Waals surface area contributed by atoms with Crippen LogP contribution in [0.1, 0.15) is 43.4 Å². The molecule has 1 heterocycles. The maximum Gasteiger partial charge on any atom is 0.0349 e. The summed E-state index contributed by atoms with van der Waals surface area (Å²) in [5, 5.41) is 3.45. The maximum atomic E-state index is 3.45. The number of rotatable bonds is 5. The molecule has 1 aromatic carbocycles. The molecule has 116 valence electrons. The third-order valence-electron chi connectivity index (χ3n) is 3.85. The molecule has 0 aliphatic carbocycles. The number of aryl methyl sites for hydroxylation is 1. The minimum atomic E-state index is 0. The van der Waals surface area contributed by atoms with E-state index in [-0.39, 0.29) is 24.8 Å². The van der Waals surface area contributed by atoms with Crippen molar-refractivity contribution in [3.05, 3.63) is 35.4 Å². The molecule has 2 nitrogen and oxygen atoms in total. The van der Waals surface area contributed by atoms with Gasteiger partial charge >= 0.3 is 0 Å². The van der Waals surface area contributed by atoms with Crippen LogP contribution in [0.3, 0.4) is 0 Å². The van der Waals surface area contributed by atoms with Crippen molar-refractivity contribution < 1.29 is 0 Å². The predicted molar refractivity (Wildman–Crippen MR) is 92.4 cm³/mol. The van der Waals surface area contributed by atoms with E-state index in [0.717, 1.165) is 13.1 Å². The fourth-order valence-electron chi connectivity index (χ4n) is 2.83. The third-order valence-corrected chi connectivity index (χ3v) is 3.85. The molecular formula is C16H28Cl2N2. The summed E-state index contributed by atoms with van der Waals surface area (Å²) in [6, 6.07) is 9.67. The van der Waals surface area contributed by atoms with Crippen molar-refractivity contribution in [2.45, 2.75) is 39.2 Å². The summed E-state index contributed by atoms with van der Waals surface area (Å²) in [6.07, 6.45) is 3.90. The van der Waals surface area contributed by atoms with Crippen LogP contribution in [0.4, 0.5) is 0 Å². The van der Waals surface area contributed by atoms with Crippen LogP contribution in [0.25, 0.3) is 0 Å². The summed E-state index contributed by atoms with van der Waals surface area (Å²) in [5.74, 6) is 0. The zero-order chi connectivity index (χ0) is 12.8. The van der Waals surface area contributed by atoms with Gasteiger partial charge in [-0.25, -0.2) is 0 Å². The van der Waals surface area contributed by atoms with Gasteiger partial charge in [-0.1, -0.05) is 49.6 Å². The molecule has 4 heteroatoms. The smallest absolute Gasteiger partial charge is 0.0349 e. The Labute approximate surface area is 136 Å². The van der Waals surface area contributed by atoms with Gasteiger partial charge in [-0.15, -0.1) is 24.8 Å². The van der Waals surface area contributed by atoms with Crippen LogP contribution < -0.4 is 5.32 Å². The van der Waals surface area contributed by atoms with Crippen molar-refractivity contribution in [1.82, 2.24) is 10.2 Å². The topological polar surface area (TPSA) is 15.3 Å². The zero-order valence-corrected chi connectivity index (χ0v) is 14.2. The predicted octanol–water partition coefficient (Wildman–Crippen LogP) is 3.98. The van der Waals surface area contributed by atoms with Gasteiger partial charge in [0, 0.05) is 32.2 Å². The van der Waals surface area contributed by atoms with E-state index in [1.165, 1.54) is 43.5 Å². The van der Waals surface area contributed by atoms with Crippen molar-refractivity contribution in [1.29, 1.82) is 0 Å². The number of nitrogens with zero attached hydrogens (tertiary/aromatic N) is 1. The van der Waals surface area contributed by atoms with Crippen LogP contribution in [0, 0.1) is 6.92 Å². The molecule has 1 aliphatic rings. The second-order valence-electron chi connectivity index (χ2n) is 5.36. The van der Waals surface area contributed by atoms with Crippen LogP contribution in [0.15, 0.2) is 24.3 Å².